The molecule has 4 nitrogen and oxygen atoms in total. The number of hydrogen-bond acceptors (Lipinski definition) is 4. The van der Waals surface area contributed by atoms with Crippen molar-refractivity contribution < 1.29 is 9.84 Å². The third-order valence-corrected chi connectivity index (χ3v) is 3.98. The van der Waals surface area contributed by atoms with E-state index >= 15 is 0 Å². The van der Waals surface area contributed by atoms with Gasteiger partial charge in [-0.3, -0.25) is 4.90 Å². The second-order valence-electron chi connectivity index (χ2n) is 5.47. The summed E-state index contributed by atoms with van der Waals surface area (Å²) in [6.45, 7) is 6.62. The molecule has 1 fully saturated rings. The lowest BCUT2D eigenvalue weighted by Crippen LogP contribution is -2.36. The second-order valence-corrected chi connectivity index (χ2v) is 5.47. The molecule has 0 bridgehead atoms. The first-order valence-corrected chi connectivity index (χ1v) is 7.55. The Balaban J connectivity index is 1.92. The van der Waals surface area contributed by atoms with Crippen molar-refractivity contribution >= 4 is 0 Å². The predicted octanol–water partition coefficient (Wildman–Crippen LogP) is 2.22. The van der Waals surface area contributed by atoms with Crippen molar-refractivity contribution in [2.24, 2.45) is 5.92 Å². The minimum absolute atomic E-state index is 0.298. The molecule has 0 atom stereocenters. The third kappa shape index (κ3) is 3.87. The number of aromatic hydroxyl groups is 1. The molecule has 112 valence electrons. The van der Waals surface area contributed by atoms with Crippen molar-refractivity contribution in [2.75, 3.05) is 33.3 Å². The van der Waals surface area contributed by atoms with Crippen LogP contribution in [0.3, 0.4) is 0 Å². The molecule has 1 aliphatic heterocycles. The topological polar surface area (TPSA) is 44.7 Å². The van der Waals surface area contributed by atoms with E-state index in [-0.39, 0.29) is 0 Å². The first-order chi connectivity index (χ1) is 9.74. The largest absolute Gasteiger partial charge is 0.504 e. The van der Waals surface area contributed by atoms with Gasteiger partial charge >= 0.3 is 0 Å². The van der Waals surface area contributed by atoms with E-state index in [2.05, 4.69) is 10.2 Å². The van der Waals surface area contributed by atoms with Gasteiger partial charge in [0.25, 0.3) is 0 Å². The SMILES string of the molecule is CCOc1cccc(CN2CCC(CNC)CC2)c1O. The zero-order chi connectivity index (χ0) is 14.4. The second kappa shape index (κ2) is 7.50. The van der Waals surface area contributed by atoms with Gasteiger partial charge in [0.05, 0.1) is 6.61 Å². The minimum atomic E-state index is 0.298. The molecule has 1 aromatic carbocycles. The Bertz CT molecular complexity index is 415. The van der Waals surface area contributed by atoms with Crippen LogP contribution >= 0.6 is 0 Å². The molecular weight excluding hydrogens is 252 g/mol. The molecule has 0 unspecified atom stereocenters. The molecule has 1 aromatic rings. The predicted molar refractivity (Wildman–Crippen MR) is 81.2 cm³/mol. The Hall–Kier alpha value is -1.26. The van der Waals surface area contributed by atoms with E-state index in [0.29, 0.717) is 18.1 Å². The Labute approximate surface area is 121 Å². The molecule has 1 saturated heterocycles. The zero-order valence-corrected chi connectivity index (χ0v) is 12.6. The van der Waals surface area contributed by atoms with E-state index in [4.69, 9.17) is 4.74 Å². The highest BCUT2D eigenvalue weighted by molar-refractivity contribution is 5.45. The molecule has 0 radical (unpaired) electrons. The Morgan fingerprint density at radius 2 is 2.10 bits per heavy atom. The summed E-state index contributed by atoms with van der Waals surface area (Å²) >= 11 is 0. The summed E-state index contributed by atoms with van der Waals surface area (Å²) in [6.07, 6.45) is 2.46. The number of hydrogen-bond donors (Lipinski definition) is 2. The molecule has 0 aliphatic carbocycles. The fraction of sp³-hybridized carbons (Fsp3) is 0.625. The average molecular weight is 278 g/mol. The summed E-state index contributed by atoms with van der Waals surface area (Å²) in [6, 6.07) is 5.76. The maximum atomic E-state index is 10.2. The van der Waals surface area contributed by atoms with Crippen molar-refractivity contribution in [1.82, 2.24) is 10.2 Å². The fourth-order valence-corrected chi connectivity index (χ4v) is 2.85. The molecule has 0 aromatic heterocycles. The normalized spacial score (nSPS) is 17.3. The number of nitrogens with zero attached hydrogens (tertiary/aromatic N) is 1. The van der Waals surface area contributed by atoms with Crippen LogP contribution in [0.5, 0.6) is 11.5 Å². The van der Waals surface area contributed by atoms with Gasteiger partial charge in [-0.15, -0.1) is 0 Å². The van der Waals surface area contributed by atoms with E-state index in [1.54, 1.807) is 0 Å². The average Bonchev–Trinajstić information content (AvgIpc) is 2.46. The van der Waals surface area contributed by atoms with E-state index in [9.17, 15) is 5.11 Å². The molecule has 4 heteroatoms. The van der Waals surface area contributed by atoms with Crippen LogP contribution in [-0.4, -0.2) is 43.3 Å². The van der Waals surface area contributed by atoms with Crippen molar-refractivity contribution in [1.29, 1.82) is 0 Å². The van der Waals surface area contributed by atoms with Gasteiger partial charge in [-0.25, -0.2) is 0 Å². The van der Waals surface area contributed by atoms with Crippen LogP contribution < -0.4 is 10.1 Å². The first kappa shape index (κ1) is 15.1. The van der Waals surface area contributed by atoms with Crippen molar-refractivity contribution in [3.63, 3.8) is 0 Å². The first-order valence-electron chi connectivity index (χ1n) is 7.55. The molecule has 2 N–H and O–H groups in total. The summed E-state index contributed by atoms with van der Waals surface area (Å²) < 4.78 is 5.44. The number of likely N-dealkylation sites (tertiary alicyclic amines) is 1. The maximum Gasteiger partial charge on any atom is 0.162 e. The van der Waals surface area contributed by atoms with Crippen molar-refractivity contribution in [3.8, 4) is 11.5 Å². The van der Waals surface area contributed by atoms with Gasteiger partial charge in [0.2, 0.25) is 0 Å². The fourth-order valence-electron chi connectivity index (χ4n) is 2.85. The number of piperidine rings is 1. The summed E-state index contributed by atoms with van der Waals surface area (Å²) in [5.74, 6) is 1.68. The minimum Gasteiger partial charge on any atom is -0.504 e. The number of para-hydroxylation sites is 1. The molecule has 0 saturated carbocycles. The van der Waals surface area contributed by atoms with Crippen LogP contribution in [0.2, 0.25) is 0 Å². The van der Waals surface area contributed by atoms with Crippen molar-refractivity contribution in [3.05, 3.63) is 23.8 Å². The van der Waals surface area contributed by atoms with Gasteiger partial charge in [0.1, 0.15) is 0 Å². The summed E-state index contributed by atoms with van der Waals surface area (Å²) in [4.78, 5) is 2.41. The highest BCUT2D eigenvalue weighted by Crippen LogP contribution is 2.31. The highest BCUT2D eigenvalue weighted by atomic mass is 16.5. The number of phenolic OH excluding ortho intramolecular Hbond substituents is 1. The lowest BCUT2D eigenvalue weighted by atomic mass is 9.96. The number of ether oxygens (including phenoxy) is 1. The zero-order valence-electron chi connectivity index (χ0n) is 12.6. The molecule has 20 heavy (non-hydrogen) atoms. The van der Waals surface area contributed by atoms with Crippen LogP contribution in [0.4, 0.5) is 0 Å². The monoisotopic (exact) mass is 278 g/mol. The Morgan fingerprint density at radius 3 is 2.75 bits per heavy atom. The van der Waals surface area contributed by atoms with Gasteiger partial charge in [-0.1, -0.05) is 12.1 Å². The van der Waals surface area contributed by atoms with Crippen LogP contribution in [0.1, 0.15) is 25.3 Å². The molecule has 0 amide bonds. The Kier molecular flexibility index (Phi) is 5.68. The van der Waals surface area contributed by atoms with Crippen molar-refractivity contribution in [2.45, 2.75) is 26.3 Å². The van der Waals surface area contributed by atoms with Crippen LogP contribution in [0.15, 0.2) is 18.2 Å². The van der Waals surface area contributed by atoms with Crippen LogP contribution in [0, 0.1) is 5.92 Å². The molecule has 0 spiro atoms. The van der Waals surface area contributed by atoms with E-state index in [1.165, 1.54) is 12.8 Å². The third-order valence-electron chi connectivity index (χ3n) is 3.98. The van der Waals surface area contributed by atoms with Gasteiger partial charge in [0.15, 0.2) is 11.5 Å². The highest BCUT2D eigenvalue weighted by Gasteiger charge is 2.20. The number of phenols is 1. The summed E-state index contributed by atoms with van der Waals surface area (Å²) in [5, 5.41) is 13.5. The maximum absolute atomic E-state index is 10.2. The summed E-state index contributed by atoms with van der Waals surface area (Å²) in [7, 11) is 2.02. The van der Waals surface area contributed by atoms with E-state index in [1.807, 2.05) is 32.2 Å². The number of benzene rings is 1. The Morgan fingerprint density at radius 1 is 1.35 bits per heavy atom. The quantitative estimate of drug-likeness (QED) is 0.837. The van der Waals surface area contributed by atoms with Gasteiger partial charge in [-0.2, -0.15) is 0 Å². The summed E-state index contributed by atoms with van der Waals surface area (Å²) in [5.41, 5.74) is 0.961. The molecule has 2 rings (SSSR count). The smallest absolute Gasteiger partial charge is 0.162 e. The van der Waals surface area contributed by atoms with Crippen LogP contribution in [0.25, 0.3) is 0 Å². The van der Waals surface area contributed by atoms with Crippen LogP contribution in [-0.2, 0) is 6.54 Å². The van der Waals surface area contributed by atoms with E-state index < -0.39 is 0 Å². The standard InChI is InChI=1S/C16H26N2O2/c1-3-20-15-6-4-5-14(16(15)19)12-18-9-7-13(8-10-18)11-17-2/h4-6,13,17,19H,3,7-12H2,1-2H3. The van der Waals surface area contributed by atoms with Gasteiger partial charge < -0.3 is 15.2 Å². The lowest BCUT2D eigenvalue weighted by molar-refractivity contribution is 0.175. The lowest BCUT2D eigenvalue weighted by Gasteiger charge is -2.32. The number of rotatable bonds is 6. The van der Waals surface area contributed by atoms with Gasteiger partial charge in [-0.05, 0) is 58.4 Å². The molecule has 1 heterocycles. The number of nitrogens with one attached hydrogen (secondary N) is 1. The van der Waals surface area contributed by atoms with E-state index in [0.717, 1.165) is 37.7 Å². The van der Waals surface area contributed by atoms with Gasteiger partial charge in [0, 0.05) is 12.1 Å². The molecular formula is C16H26N2O2. The molecule has 1 aliphatic rings.